The molecule has 0 aromatic heterocycles. The van der Waals surface area contributed by atoms with Crippen LogP contribution in [0.2, 0.25) is 0 Å². The van der Waals surface area contributed by atoms with Gasteiger partial charge in [-0.25, -0.2) is 4.39 Å². The molecule has 0 radical (unpaired) electrons. The molecule has 1 heterocycles. The Hall–Kier alpha value is -4.20. The van der Waals surface area contributed by atoms with E-state index in [2.05, 4.69) is 6.58 Å². The molecule has 0 saturated heterocycles. The molecule has 1 N–H and O–H groups in total. The van der Waals surface area contributed by atoms with Crippen LogP contribution in [0.3, 0.4) is 0 Å². The number of carbonyl (C=O) groups is 3. The first-order valence-electron chi connectivity index (χ1n) is 14.0. The van der Waals surface area contributed by atoms with Crippen molar-refractivity contribution in [3.8, 4) is 11.5 Å². The van der Waals surface area contributed by atoms with Gasteiger partial charge in [-0.2, -0.15) is 0 Å². The van der Waals surface area contributed by atoms with Crippen molar-refractivity contribution in [3.63, 3.8) is 0 Å². The molecule has 2 aliphatic carbocycles. The number of Topliss-reactive ketones (excluding diaryl/α,β-unsaturated/α-hetero) is 2. The average Bonchev–Trinajstić information content (AvgIpc) is 2.95. The van der Waals surface area contributed by atoms with Crippen molar-refractivity contribution in [1.29, 1.82) is 0 Å². The second-order valence-electron chi connectivity index (χ2n) is 10.6. The van der Waals surface area contributed by atoms with Crippen LogP contribution in [0.15, 0.2) is 71.6 Å². The van der Waals surface area contributed by atoms with Crippen molar-refractivity contribution in [2.24, 2.45) is 0 Å². The number of ether oxygens (including phenoxy) is 2. The number of methoxy groups -OCH3 is 1. The Kier molecular flexibility index (Phi) is 8.38. The van der Waals surface area contributed by atoms with Gasteiger partial charge in [0.1, 0.15) is 12.4 Å². The Bertz CT molecular complexity index is 1410. The van der Waals surface area contributed by atoms with Crippen molar-refractivity contribution in [2.75, 3.05) is 13.7 Å². The van der Waals surface area contributed by atoms with E-state index in [9.17, 15) is 23.9 Å². The Morgan fingerprint density at radius 1 is 1.05 bits per heavy atom. The summed E-state index contributed by atoms with van der Waals surface area (Å²) >= 11 is 0. The maximum Gasteiger partial charge on any atom is 0.305 e. The number of nitrogens with zero attached hydrogens (tertiary/aromatic N) is 1. The lowest BCUT2D eigenvalue weighted by molar-refractivity contribution is -0.137. The fourth-order valence-corrected chi connectivity index (χ4v) is 6.24. The zero-order chi connectivity index (χ0) is 29.1. The summed E-state index contributed by atoms with van der Waals surface area (Å²) in [6.07, 6.45) is 5.57. The van der Waals surface area contributed by atoms with Crippen LogP contribution in [0.25, 0.3) is 0 Å². The third-order valence-electron chi connectivity index (χ3n) is 8.00. The molecule has 0 unspecified atom stereocenters. The summed E-state index contributed by atoms with van der Waals surface area (Å²) in [5.41, 5.74) is 5.19. The van der Waals surface area contributed by atoms with Gasteiger partial charge in [0.15, 0.2) is 23.1 Å². The maximum atomic E-state index is 13.6. The van der Waals surface area contributed by atoms with Crippen molar-refractivity contribution < 1.29 is 33.4 Å². The molecular formula is C33H34FNO6. The molecule has 214 valence electrons. The van der Waals surface area contributed by atoms with E-state index in [0.717, 1.165) is 28.1 Å². The number of hydrogen-bond acceptors (Lipinski definition) is 6. The first kappa shape index (κ1) is 28.3. The first-order chi connectivity index (χ1) is 19.8. The smallest absolute Gasteiger partial charge is 0.305 e. The number of carboxylic acid groups (broad SMARTS) is 1. The minimum atomic E-state index is -0.921. The van der Waals surface area contributed by atoms with Gasteiger partial charge in [0.05, 0.1) is 13.5 Å². The molecule has 0 amide bonds. The van der Waals surface area contributed by atoms with Crippen LogP contribution in [0.5, 0.6) is 11.5 Å². The van der Waals surface area contributed by atoms with E-state index in [-0.39, 0.29) is 37.0 Å². The highest BCUT2D eigenvalue weighted by molar-refractivity contribution is 6.06. The van der Waals surface area contributed by atoms with Crippen molar-refractivity contribution in [3.05, 3.63) is 94.1 Å². The van der Waals surface area contributed by atoms with Gasteiger partial charge in [0.2, 0.25) is 0 Å². The van der Waals surface area contributed by atoms with Gasteiger partial charge in [-0.15, -0.1) is 6.58 Å². The quantitative estimate of drug-likeness (QED) is 0.355. The number of ketones is 2. The Balaban J connectivity index is 1.63. The zero-order valence-electron chi connectivity index (χ0n) is 23.2. The van der Waals surface area contributed by atoms with Crippen LogP contribution in [0.4, 0.5) is 4.39 Å². The molecule has 3 aliphatic rings. The summed E-state index contributed by atoms with van der Waals surface area (Å²) in [5, 5.41) is 9.42. The fraction of sp³-hybridized carbons (Fsp3) is 0.364. The third kappa shape index (κ3) is 5.69. The SMILES string of the molecule is C=CCc1cc(C2C3=C(CCCC3=O)N(CCC(=O)O)C3=C2C(=O)CCC3)cc(OC)c1OCc1ccc(F)cc1. The summed E-state index contributed by atoms with van der Waals surface area (Å²) in [4.78, 5) is 40.6. The van der Waals surface area contributed by atoms with Gasteiger partial charge in [0, 0.05) is 53.4 Å². The van der Waals surface area contributed by atoms with E-state index in [4.69, 9.17) is 9.47 Å². The number of allylic oxidation sites excluding steroid dienone is 5. The van der Waals surface area contributed by atoms with Gasteiger partial charge in [0.25, 0.3) is 0 Å². The Labute approximate surface area is 238 Å². The van der Waals surface area contributed by atoms with Gasteiger partial charge < -0.3 is 19.5 Å². The zero-order valence-corrected chi connectivity index (χ0v) is 23.2. The predicted molar refractivity (Wildman–Crippen MR) is 151 cm³/mol. The van der Waals surface area contributed by atoms with Gasteiger partial charge >= 0.3 is 5.97 Å². The lowest BCUT2D eigenvalue weighted by Crippen LogP contribution is -2.40. The van der Waals surface area contributed by atoms with Gasteiger partial charge in [-0.1, -0.05) is 24.3 Å². The molecule has 41 heavy (non-hydrogen) atoms. The monoisotopic (exact) mass is 559 g/mol. The number of benzene rings is 2. The standard InChI is InChI=1S/C33H34FNO6/c1-3-6-21-17-22(18-28(40-2)33(21)41-19-20-11-13-23(34)14-12-20)30-31-24(7-4-9-26(31)36)35(16-15-29(38)39)25-8-5-10-27(37)32(25)30/h3,11-14,17-18,30H,1,4-10,15-16,19H2,2H3,(H,38,39). The number of aliphatic carboxylic acids is 1. The van der Waals surface area contributed by atoms with Crippen molar-refractivity contribution in [2.45, 2.75) is 63.9 Å². The van der Waals surface area contributed by atoms with E-state index in [1.807, 2.05) is 17.0 Å². The second kappa shape index (κ2) is 12.1. The summed E-state index contributed by atoms with van der Waals surface area (Å²) < 4.78 is 25.4. The third-order valence-corrected chi connectivity index (χ3v) is 8.00. The number of rotatable bonds is 10. The normalized spacial score (nSPS) is 17.4. The van der Waals surface area contributed by atoms with Gasteiger partial charge in [-0.05, 0) is 61.4 Å². The molecule has 0 bridgehead atoms. The highest BCUT2D eigenvalue weighted by Crippen LogP contribution is 2.50. The molecule has 2 aromatic rings. The lowest BCUT2D eigenvalue weighted by atomic mass is 9.70. The summed E-state index contributed by atoms with van der Waals surface area (Å²) in [6.45, 7) is 4.32. The Morgan fingerprint density at radius 2 is 1.68 bits per heavy atom. The predicted octanol–water partition coefficient (Wildman–Crippen LogP) is 6.03. The van der Waals surface area contributed by atoms with Crippen LogP contribution in [-0.4, -0.2) is 41.2 Å². The van der Waals surface area contributed by atoms with Crippen LogP contribution in [-0.2, 0) is 27.4 Å². The Morgan fingerprint density at radius 3 is 2.24 bits per heavy atom. The van der Waals surface area contributed by atoms with E-state index < -0.39 is 11.9 Å². The molecule has 7 nitrogen and oxygen atoms in total. The van der Waals surface area contributed by atoms with Crippen LogP contribution < -0.4 is 9.47 Å². The molecule has 0 fully saturated rings. The summed E-state index contributed by atoms with van der Waals surface area (Å²) in [5.74, 6) is -0.849. The molecule has 5 rings (SSSR count). The van der Waals surface area contributed by atoms with Crippen LogP contribution >= 0.6 is 0 Å². The number of carbonyl (C=O) groups excluding carboxylic acids is 2. The minimum absolute atomic E-state index is 0.0117. The number of carboxylic acids is 1. The van der Waals surface area contributed by atoms with E-state index in [1.54, 1.807) is 25.3 Å². The number of hydrogen-bond donors (Lipinski definition) is 1. The minimum Gasteiger partial charge on any atom is -0.493 e. The summed E-state index contributed by atoms with van der Waals surface area (Å²) in [6, 6.07) is 9.88. The largest absolute Gasteiger partial charge is 0.493 e. The molecule has 1 aliphatic heterocycles. The summed E-state index contributed by atoms with van der Waals surface area (Å²) in [7, 11) is 1.54. The number of halogens is 1. The highest BCUT2D eigenvalue weighted by atomic mass is 19.1. The fourth-order valence-electron chi connectivity index (χ4n) is 6.24. The highest BCUT2D eigenvalue weighted by Gasteiger charge is 2.43. The molecular weight excluding hydrogens is 525 g/mol. The first-order valence-corrected chi connectivity index (χ1v) is 14.0. The van der Waals surface area contributed by atoms with Gasteiger partial charge in [-0.3, -0.25) is 14.4 Å². The second-order valence-corrected chi connectivity index (χ2v) is 10.6. The molecule has 8 heteroatoms. The van der Waals surface area contributed by atoms with Crippen LogP contribution in [0.1, 0.15) is 67.6 Å². The average molecular weight is 560 g/mol. The van der Waals surface area contributed by atoms with Crippen molar-refractivity contribution in [1.82, 2.24) is 4.90 Å². The maximum absolute atomic E-state index is 13.6. The van der Waals surface area contributed by atoms with E-state index in [0.29, 0.717) is 67.6 Å². The van der Waals surface area contributed by atoms with Crippen molar-refractivity contribution >= 4 is 17.5 Å². The topological polar surface area (TPSA) is 93.1 Å². The van der Waals surface area contributed by atoms with E-state index >= 15 is 0 Å². The molecule has 0 saturated carbocycles. The lowest BCUT2D eigenvalue weighted by Gasteiger charge is -2.44. The van der Waals surface area contributed by atoms with Crippen LogP contribution in [0, 0.1) is 5.82 Å². The molecule has 0 spiro atoms. The molecule has 2 aromatic carbocycles. The van der Waals surface area contributed by atoms with E-state index in [1.165, 1.54) is 12.1 Å². The molecule has 0 atom stereocenters.